The minimum absolute atomic E-state index is 0.140. The second-order valence-electron chi connectivity index (χ2n) is 4.33. The van der Waals surface area contributed by atoms with E-state index in [0.29, 0.717) is 12.5 Å². The fourth-order valence-electron chi connectivity index (χ4n) is 1.96. The fraction of sp³-hybridized carbons (Fsp3) is 0.462. The Labute approximate surface area is 106 Å². The number of nitrogen functional groups attached to an aromatic ring is 1. The molecule has 3 N–H and O–H groups in total. The molecule has 0 aliphatic carbocycles. The molecule has 0 spiro atoms. The Bertz CT molecular complexity index is 389. The summed E-state index contributed by atoms with van der Waals surface area (Å²) in [4.78, 5) is 11.7. The van der Waals surface area contributed by atoms with E-state index >= 15 is 0 Å². The van der Waals surface area contributed by atoms with E-state index in [1.165, 1.54) is 0 Å². The maximum atomic E-state index is 11.7. The third-order valence-electron chi connectivity index (χ3n) is 2.97. The molecule has 2 rings (SSSR count). The molecule has 1 aliphatic heterocycles. The number of aryl methyl sites for hydroxylation is 1. The molecule has 1 saturated heterocycles. The van der Waals surface area contributed by atoms with Crippen molar-refractivity contribution in [3.63, 3.8) is 0 Å². The zero-order valence-corrected chi connectivity index (χ0v) is 10.6. The number of amides is 1. The summed E-state index contributed by atoms with van der Waals surface area (Å²) in [5.74, 6) is 2.36. The molecule has 3 nitrogen and oxygen atoms in total. The minimum atomic E-state index is 0.140. The molecular formula is C13H18N2OS. The molecular weight excluding hydrogens is 232 g/mol. The van der Waals surface area contributed by atoms with Crippen LogP contribution in [-0.4, -0.2) is 23.5 Å². The molecule has 1 heterocycles. The summed E-state index contributed by atoms with van der Waals surface area (Å²) in [6.45, 7) is 0. The summed E-state index contributed by atoms with van der Waals surface area (Å²) in [6, 6.07) is 8.10. The van der Waals surface area contributed by atoms with Crippen molar-refractivity contribution in [2.24, 2.45) is 0 Å². The van der Waals surface area contributed by atoms with Crippen molar-refractivity contribution in [2.75, 3.05) is 17.2 Å². The van der Waals surface area contributed by atoms with Gasteiger partial charge >= 0.3 is 0 Å². The first-order valence-corrected chi connectivity index (χ1v) is 7.11. The van der Waals surface area contributed by atoms with Gasteiger partial charge in [-0.15, -0.1) is 0 Å². The third kappa shape index (κ3) is 3.66. The molecule has 1 amide bonds. The summed E-state index contributed by atoms with van der Waals surface area (Å²) >= 11 is 1.91. The van der Waals surface area contributed by atoms with Gasteiger partial charge in [0.25, 0.3) is 0 Å². The molecule has 92 valence electrons. The number of benzene rings is 1. The van der Waals surface area contributed by atoms with Crippen LogP contribution >= 0.6 is 11.8 Å². The Kier molecular flexibility index (Phi) is 4.31. The highest BCUT2D eigenvalue weighted by Crippen LogP contribution is 2.17. The van der Waals surface area contributed by atoms with Crippen molar-refractivity contribution in [3.8, 4) is 0 Å². The lowest BCUT2D eigenvalue weighted by molar-refractivity contribution is -0.121. The molecule has 1 unspecified atom stereocenters. The molecule has 1 aliphatic rings. The van der Waals surface area contributed by atoms with Gasteiger partial charge in [-0.2, -0.15) is 11.8 Å². The van der Waals surface area contributed by atoms with Crippen LogP contribution in [0.4, 0.5) is 5.69 Å². The number of hydrogen-bond acceptors (Lipinski definition) is 3. The van der Waals surface area contributed by atoms with Gasteiger partial charge in [0.15, 0.2) is 0 Å². The monoisotopic (exact) mass is 250 g/mol. The van der Waals surface area contributed by atoms with Gasteiger partial charge in [0, 0.05) is 23.9 Å². The average molecular weight is 250 g/mol. The molecule has 0 saturated carbocycles. The van der Waals surface area contributed by atoms with Crippen LogP contribution in [0.3, 0.4) is 0 Å². The third-order valence-corrected chi connectivity index (χ3v) is 4.13. The lowest BCUT2D eigenvalue weighted by Gasteiger charge is -2.11. The summed E-state index contributed by atoms with van der Waals surface area (Å²) in [7, 11) is 0. The first-order chi connectivity index (χ1) is 8.25. The minimum Gasteiger partial charge on any atom is -0.399 e. The number of rotatable bonds is 4. The van der Waals surface area contributed by atoms with E-state index in [2.05, 4.69) is 5.32 Å². The van der Waals surface area contributed by atoms with E-state index < -0.39 is 0 Å². The Morgan fingerprint density at radius 3 is 3.00 bits per heavy atom. The molecule has 1 fully saturated rings. The summed E-state index contributed by atoms with van der Waals surface area (Å²) in [5.41, 5.74) is 7.67. The van der Waals surface area contributed by atoms with Crippen LogP contribution in [0.1, 0.15) is 18.4 Å². The van der Waals surface area contributed by atoms with E-state index in [4.69, 9.17) is 5.73 Å². The first-order valence-electron chi connectivity index (χ1n) is 5.96. The Hall–Kier alpha value is -1.16. The molecule has 1 aromatic carbocycles. The Morgan fingerprint density at radius 1 is 1.47 bits per heavy atom. The molecule has 17 heavy (non-hydrogen) atoms. The molecule has 0 radical (unpaired) electrons. The van der Waals surface area contributed by atoms with Crippen molar-refractivity contribution in [2.45, 2.75) is 25.3 Å². The molecule has 0 aromatic heterocycles. The van der Waals surface area contributed by atoms with Crippen molar-refractivity contribution in [1.29, 1.82) is 0 Å². The van der Waals surface area contributed by atoms with Crippen LogP contribution in [0.5, 0.6) is 0 Å². The van der Waals surface area contributed by atoms with Gasteiger partial charge in [-0.25, -0.2) is 0 Å². The van der Waals surface area contributed by atoms with Crippen LogP contribution in [0, 0.1) is 0 Å². The largest absolute Gasteiger partial charge is 0.399 e. The highest BCUT2D eigenvalue weighted by molar-refractivity contribution is 7.99. The van der Waals surface area contributed by atoms with Crippen molar-refractivity contribution in [1.82, 2.24) is 5.32 Å². The number of carbonyl (C=O) groups is 1. The van der Waals surface area contributed by atoms with E-state index in [9.17, 15) is 4.79 Å². The number of carbonyl (C=O) groups excluding carboxylic acids is 1. The van der Waals surface area contributed by atoms with E-state index in [0.717, 1.165) is 35.6 Å². The van der Waals surface area contributed by atoms with E-state index in [1.54, 1.807) is 0 Å². The van der Waals surface area contributed by atoms with Crippen LogP contribution in [-0.2, 0) is 11.2 Å². The summed E-state index contributed by atoms with van der Waals surface area (Å²) in [5, 5.41) is 3.07. The predicted octanol–water partition coefficient (Wildman–Crippen LogP) is 1.82. The molecule has 1 aromatic rings. The lowest BCUT2D eigenvalue weighted by atomic mass is 10.1. The Morgan fingerprint density at radius 2 is 2.29 bits per heavy atom. The number of nitrogens with one attached hydrogen (secondary N) is 1. The van der Waals surface area contributed by atoms with Gasteiger partial charge in [-0.3, -0.25) is 4.79 Å². The number of anilines is 1. The zero-order valence-electron chi connectivity index (χ0n) is 9.82. The summed E-state index contributed by atoms with van der Waals surface area (Å²) < 4.78 is 0. The first kappa shape index (κ1) is 12.3. The predicted molar refractivity (Wildman–Crippen MR) is 73.0 cm³/mol. The second-order valence-corrected chi connectivity index (χ2v) is 5.48. The SMILES string of the molecule is Nc1ccccc1CCC(=O)NC1CCSC1. The number of hydrogen-bond donors (Lipinski definition) is 2. The molecule has 0 bridgehead atoms. The highest BCUT2D eigenvalue weighted by atomic mass is 32.2. The normalized spacial score (nSPS) is 19.2. The maximum absolute atomic E-state index is 11.7. The van der Waals surface area contributed by atoms with Gasteiger partial charge in [0.1, 0.15) is 0 Å². The quantitative estimate of drug-likeness (QED) is 0.802. The molecule has 1 atom stereocenters. The number of para-hydroxylation sites is 1. The standard InChI is InChI=1S/C13H18N2OS/c14-12-4-2-1-3-10(12)5-6-13(16)15-11-7-8-17-9-11/h1-4,11H,5-9,14H2,(H,15,16). The summed E-state index contributed by atoms with van der Waals surface area (Å²) in [6.07, 6.45) is 2.34. The topological polar surface area (TPSA) is 55.1 Å². The fourth-order valence-corrected chi connectivity index (χ4v) is 3.11. The van der Waals surface area contributed by atoms with Crippen LogP contribution < -0.4 is 11.1 Å². The highest BCUT2D eigenvalue weighted by Gasteiger charge is 2.17. The van der Waals surface area contributed by atoms with Gasteiger partial charge in [-0.05, 0) is 30.2 Å². The van der Waals surface area contributed by atoms with Crippen LogP contribution in [0.25, 0.3) is 0 Å². The number of thioether (sulfide) groups is 1. The van der Waals surface area contributed by atoms with E-state index in [-0.39, 0.29) is 5.91 Å². The number of nitrogens with two attached hydrogens (primary N) is 1. The smallest absolute Gasteiger partial charge is 0.220 e. The second kappa shape index (κ2) is 5.96. The van der Waals surface area contributed by atoms with Gasteiger partial charge < -0.3 is 11.1 Å². The molecule has 4 heteroatoms. The zero-order chi connectivity index (χ0) is 12.1. The van der Waals surface area contributed by atoms with Gasteiger partial charge in [-0.1, -0.05) is 18.2 Å². The van der Waals surface area contributed by atoms with E-state index in [1.807, 2.05) is 36.0 Å². The van der Waals surface area contributed by atoms with Crippen molar-refractivity contribution < 1.29 is 4.79 Å². The average Bonchev–Trinajstić information content (AvgIpc) is 2.81. The lowest BCUT2D eigenvalue weighted by Crippen LogP contribution is -2.34. The van der Waals surface area contributed by atoms with Gasteiger partial charge in [0.05, 0.1) is 0 Å². The van der Waals surface area contributed by atoms with Crippen LogP contribution in [0.15, 0.2) is 24.3 Å². The van der Waals surface area contributed by atoms with Crippen molar-refractivity contribution in [3.05, 3.63) is 29.8 Å². The maximum Gasteiger partial charge on any atom is 0.220 e. The van der Waals surface area contributed by atoms with Crippen molar-refractivity contribution >= 4 is 23.4 Å². The van der Waals surface area contributed by atoms with Gasteiger partial charge in [0.2, 0.25) is 5.91 Å². The van der Waals surface area contributed by atoms with Crippen LogP contribution in [0.2, 0.25) is 0 Å². The Balaban J connectivity index is 1.77.